The lowest BCUT2D eigenvalue weighted by atomic mass is 9.94. The SMILES string of the molecule is C=CC(CCCCO[Si](c1ccccc1)(c1ccccc1)C(C)(C)C)O[Si](C)(C)O[C@@H]([C@H](C)C=C)[C@H](C)CO[Si](c1ccccc1)(c1ccccc1)C(C)(C)C. The first-order valence-corrected chi connectivity index (χ1v) is 27.3. The quantitative estimate of drug-likeness (QED) is 0.0478. The van der Waals surface area contributed by atoms with Gasteiger partial charge in [0.15, 0.2) is 0 Å². The fourth-order valence-corrected chi connectivity index (χ4v) is 19.7. The number of hydrogen-bond donors (Lipinski definition) is 0. The van der Waals surface area contributed by atoms with E-state index in [1.54, 1.807) is 0 Å². The molecule has 4 atom stereocenters. The lowest BCUT2D eigenvalue weighted by Gasteiger charge is -2.44. The van der Waals surface area contributed by atoms with Gasteiger partial charge in [0.25, 0.3) is 16.6 Å². The zero-order chi connectivity index (χ0) is 41.0. The fraction of sp³-hybridized carbons (Fsp3) is 0.429. The summed E-state index contributed by atoms with van der Waals surface area (Å²) in [6.45, 7) is 32.4. The Morgan fingerprint density at radius 3 is 1.30 bits per heavy atom. The van der Waals surface area contributed by atoms with E-state index in [-0.39, 0.29) is 34.1 Å². The van der Waals surface area contributed by atoms with Gasteiger partial charge in [0.05, 0.1) is 12.2 Å². The van der Waals surface area contributed by atoms with Gasteiger partial charge >= 0.3 is 8.56 Å². The molecule has 0 heterocycles. The van der Waals surface area contributed by atoms with Gasteiger partial charge in [-0.05, 0) is 69.1 Å². The van der Waals surface area contributed by atoms with E-state index in [1.165, 1.54) is 20.7 Å². The summed E-state index contributed by atoms with van der Waals surface area (Å²) in [5, 5.41) is 5.04. The van der Waals surface area contributed by atoms with Gasteiger partial charge in [-0.15, -0.1) is 13.2 Å². The van der Waals surface area contributed by atoms with Crippen molar-refractivity contribution in [3.8, 4) is 0 Å². The Bertz CT molecular complexity index is 1670. The molecule has 0 amide bonds. The van der Waals surface area contributed by atoms with E-state index in [1.807, 2.05) is 12.2 Å². The Balaban J connectivity index is 1.44. The summed E-state index contributed by atoms with van der Waals surface area (Å²) >= 11 is 0. The average Bonchev–Trinajstić information content (AvgIpc) is 3.18. The molecule has 0 bridgehead atoms. The summed E-state index contributed by atoms with van der Waals surface area (Å²) in [5.41, 5.74) is 0. The fourth-order valence-electron chi connectivity index (χ4n) is 8.37. The maximum absolute atomic E-state index is 7.37. The van der Waals surface area contributed by atoms with E-state index in [2.05, 4.69) is 203 Å². The van der Waals surface area contributed by atoms with E-state index < -0.39 is 25.2 Å². The van der Waals surface area contributed by atoms with Crippen LogP contribution in [0.25, 0.3) is 0 Å². The summed E-state index contributed by atoms with van der Waals surface area (Å²) in [6, 6.07) is 43.4. The van der Waals surface area contributed by atoms with Gasteiger partial charge in [-0.25, -0.2) is 0 Å². The van der Waals surface area contributed by atoms with Crippen LogP contribution in [0.1, 0.15) is 74.7 Å². The Morgan fingerprint density at radius 1 is 0.554 bits per heavy atom. The van der Waals surface area contributed by atoms with Gasteiger partial charge in [0.1, 0.15) is 0 Å². The summed E-state index contributed by atoms with van der Waals surface area (Å²) in [7, 11) is -7.90. The van der Waals surface area contributed by atoms with Crippen molar-refractivity contribution in [2.75, 3.05) is 13.2 Å². The Kier molecular flexibility index (Phi) is 16.3. The standard InChI is InChI=1S/C49H70O4Si3/c1-13-40(3)47(41(4)39-51-56(49(8,9)10,45-34-23-17-24-35-45)46-36-25-18-26-37-46)53-54(11,12)52-42(14-2)29-27-28-38-50-55(48(5,6)7,43-30-19-15-20-31-43)44-32-21-16-22-33-44/h13-26,30-37,40-42,47H,1-2,27-29,38-39H2,3-12H3/t40-,41-,42?,47+/m1/s1. The van der Waals surface area contributed by atoms with Crippen LogP contribution in [-0.4, -0.2) is 50.6 Å². The largest absolute Gasteiger partial charge is 0.407 e. The van der Waals surface area contributed by atoms with Crippen molar-refractivity contribution in [3.63, 3.8) is 0 Å². The van der Waals surface area contributed by atoms with Gasteiger partial charge in [-0.2, -0.15) is 0 Å². The molecule has 0 aliphatic rings. The van der Waals surface area contributed by atoms with E-state index >= 15 is 0 Å². The first kappa shape index (κ1) is 45.6. The van der Waals surface area contributed by atoms with Crippen molar-refractivity contribution < 1.29 is 17.7 Å². The predicted octanol–water partition coefficient (Wildman–Crippen LogP) is 10.4. The zero-order valence-electron chi connectivity index (χ0n) is 36.1. The summed E-state index contributed by atoms with van der Waals surface area (Å²) in [5.74, 6) is 0.213. The molecule has 0 N–H and O–H groups in total. The highest BCUT2D eigenvalue weighted by molar-refractivity contribution is 7.00. The third-order valence-corrected chi connectivity index (χ3v) is 22.9. The molecule has 56 heavy (non-hydrogen) atoms. The second-order valence-corrected chi connectivity index (χ2v) is 29.8. The Labute approximate surface area is 343 Å². The monoisotopic (exact) mass is 806 g/mol. The average molecular weight is 807 g/mol. The van der Waals surface area contributed by atoms with Crippen molar-refractivity contribution in [1.82, 2.24) is 0 Å². The molecule has 7 heteroatoms. The molecule has 0 fully saturated rings. The molecule has 0 saturated heterocycles. The van der Waals surface area contributed by atoms with Crippen molar-refractivity contribution in [3.05, 3.63) is 147 Å². The number of benzene rings is 4. The third kappa shape index (κ3) is 10.9. The van der Waals surface area contributed by atoms with E-state index in [0.29, 0.717) is 13.2 Å². The van der Waals surface area contributed by atoms with E-state index in [4.69, 9.17) is 17.7 Å². The second-order valence-electron chi connectivity index (χ2n) is 17.9. The van der Waals surface area contributed by atoms with Crippen molar-refractivity contribution in [2.24, 2.45) is 11.8 Å². The maximum Gasteiger partial charge on any atom is 0.332 e. The smallest absolute Gasteiger partial charge is 0.332 e. The van der Waals surface area contributed by atoms with Crippen LogP contribution in [0.4, 0.5) is 0 Å². The number of hydrogen-bond acceptors (Lipinski definition) is 4. The molecule has 0 saturated carbocycles. The van der Waals surface area contributed by atoms with Gasteiger partial charge < -0.3 is 17.7 Å². The van der Waals surface area contributed by atoms with Crippen LogP contribution in [0.3, 0.4) is 0 Å². The van der Waals surface area contributed by atoms with Crippen LogP contribution in [0.2, 0.25) is 23.2 Å². The summed E-state index contributed by atoms with van der Waals surface area (Å²) in [4.78, 5) is 0. The van der Waals surface area contributed by atoms with E-state index in [0.717, 1.165) is 19.3 Å². The highest BCUT2D eigenvalue weighted by Crippen LogP contribution is 2.39. The van der Waals surface area contributed by atoms with Gasteiger partial charge in [-0.1, -0.05) is 189 Å². The van der Waals surface area contributed by atoms with Crippen molar-refractivity contribution in [1.29, 1.82) is 0 Å². The van der Waals surface area contributed by atoms with Crippen molar-refractivity contribution >= 4 is 45.9 Å². The van der Waals surface area contributed by atoms with Crippen LogP contribution in [0, 0.1) is 11.8 Å². The van der Waals surface area contributed by atoms with Crippen LogP contribution >= 0.6 is 0 Å². The maximum atomic E-state index is 7.37. The molecule has 1 unspecified atom stereocenters. The lowest BCUT2D eigenvalue weighted by molar-refractivity contribution is 0.0306. The van der Waals surface area contributed by atoms with Crippen LogP contribution in [0.15, 0.2) is 147 Å². The third-order valence-electron chi connectivity index (χ3n) is 11.2. The molecule has 0 radical (unpaired) electrons. The molecular weight excluding hydrogens is 737 g/mol. The highest BCUT2D eigenvalue weighted by atomic mass is 28.4. The molecule has 0 aromatic heterocycles. The molecule has 4 nitrogen and oxygen atoms in total. The van der Waals surface area contributed by atoms with E-state index in [9.17, 15) is 0 Å². The first-order valence-electron chi connectivity index (χ1n) is 20.6. The molecule has 4 aromatic carbocycles. The number of rotatable bonds is 21. The minimum absolute atomic E-state index is 0.0454. The Hall–Kier alpha value is -3.15. The predicted molar refractivity (Wildman–Crippen MR) is 247 cm³/mol. The van der Waals surface area contributed by atoms with Crippen molar-refractivity contribution in [2.45, 2.75) is 110 Å². The molecule has 0 aliphatic carbocycles. The molecule has 0 spiro atoms. The molecule has 4 rings (SSSR count). The van der Waals surface area contributed by atoms with Crippen LogP contribution in [0.5, 0.6) is 0 Å². The molecule has 302 valence electrons. The minimum Gasteiger partial charge on any atom is -0.407 e. The molecule has 4 aromatic rings. The highest BCUT2D eigenvalue weighted by Gasteiger charge is 2.51. The van der Waals surface area contributed by atoms with Gasteiger partial charge in [0, 0.05) is 19.1 Å². The normalized spacial score (nSPS) is 15.1. The first-order chi connectivity index (χ1) is 26.5. The van der Waals surface area contributed by atoms with Gasteiger partial charge in [-0.3, -0.25) is 0 Å². The van der Waals surface area contributed by atoms with Crippen LogP contribution in [-0.2, 0) is 17.7 Å². The molecule has 0 aliphatic heterocycles. The second kappa shape index (κ2) is 20.0. The topological polar surface area (TPSA) is 36.9 Å². The Morgan fingerprint density at radius 2 is 0.946 bits per heavy atom. The summed E-state index contributed by atoms with van der Waals surface area (Å²) < 4.78 is 28.4. The van der Waals surface area contributed by atoms with Crippen LogP contribution < -0.4 is 20.7 Å². The van der Waals surface area contributed by atoms with Gasteiger partial charge in [0.2, 0.25) is 0 Å². The lowest BCUT2D eigenvalue weighted by Crippen LogP contribution is -2.67. The zero-order valence-corrected chi connectivity index (χ0v) is 39.1. The molecular formula is C49H70O4Si3. The minimum atomic E-state index is -2.70. The number of unbranched alkanes of at least 4 members (excludes halogenated alkanes) is 1. The summed E-state index contributed by atoms with van der Waals surface area (Å²) in [6.07, 6.45) is 6.50.